The van der Waals surface area contributed by atoms with Crippen LogP contribution in [0.4, 0.5) is 0 Å². The highest BCUT2D eigenvalue weighted by atomic mass is 16.2. The van der Waals surface area contributed by atoms with Crippen LogP contribution in [0.25, 0.3) is 0 Å². The van der Waals surface area contributed by atoms with Crippen molar-refractivity contribution in [2.75, 3.05) is 32.7 Å². The standard InChI is InChI=1S/C24H43N3O2/c1-24(2,3)17-21(28)26-13-15-27(16-14-26)22(20-11-7-8-12-20)23(29)25-18-19-9-5-4-6-10-19/h19-20,22H,4-18H2,1-3H3,(H,25,29). The maximum Gasteiger partial charge on any atom is 0.237 e. The predicted octanol–water partition coefficient (Wildman–Crippen LogP) is 3.82. The molecule has 3 fully saturated rings. The summed E-state index contributed by atoms with van der Waals surface area (Å²) in [7, 11) is 0. The van der Waals surface area contributed by atoms with Crippen LogP contribution in [-0.2, 0) is 9.59 Å². The molecule has 2 amide bonds. The summed E-state index contributed by atoms with van der Waals surface area (Å²) < 4.78 is 0. The first kappa shape index (κ1) is 22.6. The number of hydrogen-bond donors (Lipinski definition) is 1. The predicted molar refractivity (Wildman–Crippen MR) is 118 cm³/mol. The number of carbonyl (C=O) groups excluding carboxylic acids is 2. The number of piperazine rings is 1. The van der Waals surface area contributed by atoms with E-state index in [0.29, 0.717) is 18.3 Å². The summed E-state index contributed by atoms with van der Waals surface area (Å²) in [5.74, 6) is 1.66. The molecule has 5 nitrogen and oxygen atoms in total. The first-order valence-corrected chi connectivity index (χ1v) is 12.1. The van der Waals surface area contributed by atoms with Crippen molar-refractivity contribution in [3.63, 3.8) is 0 Å². The van der Waals surface area contributed by atoms with E-state index >= 15 is 0 Å². The SMILES string of the molecule is CC(C)(C)CC(=O)N1CCN(C(C(=O)NCC2CCCCC2)C2CCCC2)CC1. The lowest BCUT2D eigenvalue weighted by atomic mass is 9.89. The van der Waals surface area contributed by atoms with Crippen LogP contribution in [-0.4, -0.2) is 60.4 Å². The third-order valence-electron chi connectivity index (χ3n) is 7.15. The molecule has 3 aliphatic rings. The Morgan fingerprint density at radius 1 is 0.897 bits per heavy atom. The normalized spacial score (nSPS) is 23.9. The van der Waals surface area contributed by atoms with Crippen LogP contribution in [0.2, 0.25) is 0 Å². The molecule has 1 atom stereocenters. The lowest BCUT2D eigenvalue weighted by Gasteiger charge is -2.41. The van der Waals surface area contributed by atoms with Crippen molar-refractivity contribution < 1.29 is 9.59 Å². The average molecular weight is 406 g/mol. The van der Waals surface area contributed by atoms with Crippen LogP contribution in [0.15, 0.2) is 0 Å². The number of hydrogen-bond acceptors (Lipinski definition) is 3. The van der Waals surface area contributed by atoms with Gasteiger partial charge in [0.2, 0.25) is 11.8 Å². The molecule has 2 saturated carbocycles. The molecule has 2 aliphatic carbocycles. The molecule has 29 heavy (non-hydrogen) atoms. The second-order valence-corrected chi connectivity index (χ2v) is 10.9. The van der Waals surface area contributed by atoms with E-state index in [0.717, 1.165) is 32.7 Å². The van der Waals surface area contributed by atoms with Gasteiger partial charge in [-0.05, 0) is 42.9 Å². The number of amides is 2. The summed E-state index contributed by atoms with van der Waals surface area (Å²) >= 11 is 0. The highest BCUT2D eigenvalue weighted by molar-refractivity contribution is 5.82. The van der Waals surface area contributed by atoms with Crippen LogP contribution in [0, 0.1) is 17.3 Å². The van der Waals surface area contributed by atoms with Gasteiger partial charge < -0.3 is 10.2 Å². The Bertz CT molecular complexity index is 537. The van der Waals surface area contributed by atoms with Gasteiger partial charge in [-0.25, -0.2) is 0 Å². The molecule has 0 aromatic heterocycles. The molecule has 0 radical (unpaired) electrons. The van der Waals surface area contributed by atoms with Gasteiger partial charge in [0.1, 0.15) is 0 Å². The van der Waals surface area contributed by atoms with Crippen LogP contribution in [0.1, 0.15) is 85.0 Å². The number of nitrogens with one attached hydrogen (secondary N) is 1. The topological polar surface area (TPSA) is 52.7 Å². The Hall–Kier alpha value is -1.10. The van der Waals surface area contributed by atoms with E-state index < -0.39 is 0 Å². The van der Waals surface area contributed by atoms with Gasteiger partial charge in [0.05, 0.1) is 6.04 Å². The number of nitrogens with zero attached hydrogens (tertiary/aromatic N) is 2. The molecule has 1 N–H and O–H groups in total. The third kappa shape index (κ3) is 6.70. The fourth-order valence-electron chi connectivity index (χ4n) is 5.51. The van der Waals surface area contributed by atoms with Crippen molar-refractivity contribution in [1.29, 1.82) is 0 Å². The van der Waals surface area contributed by atoms with Gasteiger partial charge in [-0.3, -0.25) is 14.5 Å². The molecule has 1 heterocycles. The van der Waals surface area contributed by atoms with E-state index in [4.69, 9.17) is 0 Å². The summed E-state index contributed by atoms with van der Waals surface area (Å²) in [5.41, 5.74) is 0.0274. The second kappa shape index (κ2) is 10.3. The van der Waals surface area contributed by atoms with E-state index in [1.807, 2.05) is 4.90 Å². The van der Waals surface area contributed by atoms with Crippen molar-refractivity contribution in [3.8, 4) is 0 Å². The van der Waals surface area contributed by atoms with Crippen molar-refractivity contribution in [3.05, 3.63) is 0 Å². The zero-order valence-corrected chi connectivity index (χ0v) is 19.0. The maximum absolute atomic E-state index is 13.2. The van der Waals surface area contributed by atoms with Gasteiger partial charge in [0.15, 0.2) is 0 Å². The monoisotopic (exact) mass is 405 g/mol. The molecule has 3 rings (SSSR count). The third-order valence-corrected chi connectivity index (χ3v) is 7.15. The molecule has 0 aromatic rings. The minimum atomic E-state index is 0.000888. The minimum absolute atomic E-state index is 0.000888. The van der Waals surface area contributed by atoms with Crippen molar-refractivity contribution in [1.82, 2.24) is 15.1 Å². The average Bonchev–Trinajstić information content (AvgIpc) is 3.21. The largest absolute Gasteiger partial charge is 0.354 e. The lowest BCUT2D eigenvalue weighted by molar-refractivity contribution is -0.136. The Morgan fingerprint density at radius 3 is 2.07 bits per heavy atom. The van der Waals surface area contributed by atoms with Crippen molar-refractivity contribution in [2.24, 2.45) is 17.3 Å². The number of rotatable bonds is 6. The maximum atomic E-state index is 13.2. The summed E-state index contributed by atoms with van der Waals surface area (Å²) in [4.78, 5) is 30.2. The molecular formula is C24H43N3O2. The lowest BCUT2D eigenvalue weighted by Crippen LogP contribution is -2.58. The van der Waals surface area contributed by atoms with E-state index in [2.05, 4.69) is 31.0 Å². The summed E-state index contributed by atoms with van der Waals surface area (Å²) in [6, 6.07) is 0.000888. The van der Waals surface area contributed by atoms with E-state index in [1.165, 1.54) is 57.8 Å². The van der Waals surface area contributed by atoms with Crippen LogP contribution >= 0.6 is 0 Å². The van der Waals surface area contributed by atoms with Crippen LogP contribution < -0.4 is 5.32 Å². The molecule has 1 saturated heterocycles. The zero-order chi connectivity index (χ0) is 20.9. The van der Waals surface area contributed by atoms with Crippen LogP contribution in [0.3, 0.4) is 0 Å². The quantitative estimate of drug-likeness (QED) is 0.731. The van der Waals surface area contributed by atoms with E-state index in [1.54, 1.807) is 0 Å². The van der Waals surface area contributed by atoms with Gasteiger partial charge in [-0.1, -0.05) is 52.9 Å². The summed E-state index contributed by atoms with van der Waals surface area (Å²) in [5, 5.41) is 3.33. The Morgan fingerprint density at radius 2 is 1.48 bits per heavy atom. The van der Waals surface area contributed by atoms with Gasteiger partial charge in [-0.2, -0.15) is 0 Å². The Balaban J connectivity index is 1.54. The first-order chi connectivity index (χ1) is 13.8. The number of carbonyl (C=O) groups is 2. The smallest absolute Gasteiger partial charge is 0.237 e. The van der Waals surface area contributed by atoms with E-state index in [-0.39, 0.29) is 23.3 Å². The Kier molecular flexibility index (Phi) is 8.00. The fraction of sp³-hybridized carbons (Fsp3) is 0.917. The minimum Gasteiger partial charge on any atom is -0.354 e. The highest BCUT2D eigenvalue weighted by Crippen LogP contribution is 2.31. The van der Waals surface area contributed by atoms with E-state index in [9.17, 15) is 9.59 Å². The molecule has 166 valence electrons. The van der Waals surface area contributed by atoms with Crippen molar-refractivity contribution in [2.45, 2.75) is 91.0 Å². The highest BCUT2D eigenvalue weighted by Gasteiger charge is 2.37. The van der Waals surface area contributed by atoms with Gasteiger partial charge in [0, 0.05) is 39.1 Å². The second-order valence-electron chi connectivity index (χ2n) is 10.9. The van der Waals surface area contributed by atoms with Crippen molar-refractivity contribution >= 4 is 11.8 Å². The fourth-order valence-corrected chi connectivity index (χ4v) is 5.51. The summed E-state index contributed by atoms with van der Waals surface area (Å²) in [6.07, 6.45) is 12.0. The van der Waals surface area contributed by atoms with Gasteiger partial charge in [-0.15, -0.1) is 0 Å². The van der Waals surface area contributed by atoms with Gasteiger partial charge in [0.25, 0.3) is 0 Å². The molecular weight excluding hydrogens is 362 g/mol. The zero-order valence-electron chi connectivity index (χ0n) is 19.0. The molecule has 0 spiro atoms. The molecule has 0 bridgehead atoms. The van der Waals surface area contributed by atoms with Gasteiger partial charge >= 0.3 is 0 Å². The molecule has 5 heteroatoms. The Labute approximate surface area is 178 Å². The molecule has 1 unspecified atom stereocenters. The molecule has 0 aromatic carbocycles. The molecule has 1 aliphatic heterocycles. The first-order valence-electron chi connectivity index (χ1n) is 12.1. The summed E-state index contributed by atoms with van der Waals surface area (Å²) in [6.45, 7) is 10.4. The van der Waals surface area contributed by atoms with Crippen LogP contribution in [0.5, 0.6) is 0 Å².